The molecule has 0 radical (unpaired) electrons. The monoisotopic (exact) mass is 246 g/mol. The Kier molecular flexibility index (Phi) is 5.57. The van der Waals surface area contributed by atoms with Crippen LogP contribution in [0.1, 0.15) is 5.56 Å². The van der Waals surface area contributed by atoms with Crippen molar-refractivity contribution < 1.29 is 46.9 Å². The summed E-state index contributed by atoms with van der Waals surface area (Å²) in [6, 6.07) is 3.70. The average molecular weight is 247 g/mol. The van der Waals surface area contributed by atoms with Gasteiger partial charge in [-0.15, -0.1) is 0 Å². The van der Waals surface area contributed by atoms with Crippen LogP contribution in [-0.2, 0) is 15.9 Å². The van der Waals surface area contributed by atoms with Gasteiger partial charge in [0.1, 0.15) is 5.82 Å². The Morgan fingerprint density at radius 1 is 1.43 bits per heavy atom. The number of hydrogen-bond donors (Lipinski definition) is 0. The van der Waals surface area contributed by atoms with Crippen molar-refractivity contribution in [2.24, 2.45) is 0 Å². The van der Waals surface area contributed by atoms with Crippen LogP contribution in [0.4, 0.5) is 4.39 Å². The number of rotatable bonds is 2. The van der Waals surface area contributed by atoms with Crippen LogP contribution >= 0.6 is 11.6 Å². The molecule has 0 atom stereocenters. The Bertz CT molecular complexity index is 401. The number of halogens is 2. The Hall–Kier alpha value is 0.350. The molecule has 0 aromatic heterocycles. The SMILES string of the molecule is O=S(=O)([O-])Cc1c(F)cccc1Cl.[Na+]. The van der Waals surface area contributed by atoms with Crippen molar-refractivity contribution in [2.75, 3.05) is 0 Å². The van der Waals surface area contributed by atoms with Crippen LogP contribution in [0.5, 0.6) is 0 Å². The van der Waals surface area contributed by atoms with E-state index in [0.29, 0.717) is 0 Å². The third kappa shape index (κ3) is 4.25. The maximum atomic E-state index is 12.9. The summed E-state index contributed by atoms with van der Waals surface area (Å²) >= 11 is 5.49. The fraction of sp³-hybridized carbons (Fsp3) is 0.143. The standard InChI is InChI=1S/C7H6ClFO3S.Na/c8-6-2-1-3-7(9)5(6)4-13(10,11)12;/h1-3H,4H2,(H,10,11,12);/q;+1/p-1. The summed E-state index contributed by atoms with van der Waals surface area (Å²) in [5.74, 6) is -1.70. The van der Waals surface area contributed by atoms with Gasteiger partial charge >= 0.3 is 29.6 Å². The van der Waals surface area contributed by atoms with E-state index in [1.54, 1.807) is 0 Å². The van der Waals surface area contributed by atoms with E-state index in [0.717, 1.165) is 6.07 Å². The van der Waals surface area contributed by atoms with Crippen molar-refractivity contribution in [3.05, 3.63) is 34.6 Å². The fourth-order valence-electron chi connectivity index (χ4n) is 0.847. The van der Waals surface area contributed by atoms with Gasteiger partial charge in [0.05, 0.1) is 15.9 Å². The molecule has 0 bridgehead atoms. The molecule has 7 heteroatoms. The summed E-state index contributed by atoms with van der Waals surface area (Å²) in [5, 5.41) is -0.0561. The van der Waals surface area contributed by atoms with E-state index in [2.05, 4.69) is 0 Å². The molecule has 1 aromatic rings. The van der Waals surface area contributed by atoms with Gasteiger partial charge in [-0.1, -0.05) is 17.7 Å². The molecule has 14 heavy (non-hydrogen) atoms. The molecule has 0 fully saturated rings. The summed E-state index contributed by atoms with van der Waals surface area (Å²) in [4.78, 5) is 0. The van der Waals surface area contributed by atoms with Crippen molar-refractivity contribution in [1.29, 1.82) is 0 Å². The van der Waals surface area contributed by atoms with Gasteiger partial charge in [-0.05, 0) is 12.1 Å². The fourth-order valence-corrected chi connectivity index (χ4v) is 1.80. The van der Waals surface area contributed by atoms with E-state index in [9.17, 15) is 17.4 Å². The molecule has 0 aliphatic heterocycles. The molecular formula is C7H5ClFNaO3S. The van der Waals surface area contributed by atoms with E-state index < -0.39 is 21.7 Å². The van der Waals surface area contributed by atoms with Crippen LogP contribution in [0, 0.1) is 5.82 Å². The maximum Gasteiger partial charge on any atom is 1.00 e. The van der Waals surface area contributed by atoms with Crippen LogP contribution in [-0.4, -0.2) is 13.0 Å². The summed E-state index contributed by atoms with van der Waals surface area (Å²) in [7, 11) is -4.50. The van der Waals surface area contributed by atoms with E-state index in [1.807, 2.05) is 0 Å². The minimum absolute atomic E-state index is 0. The Morgan fingerprint density at radius 3 is 2.43 bits per heavy atom. The first-order valence-electron chi connectivity index (χ1n) is 3.26. The third-order valence-corrected chi connectivity index (χ3v) is 2.38. The van der Waals surface area contributed by atoms with Gasteiger partial charge in [-0.3, -0.25) is 0 Å². The Morgan fingerprint density at radius 2 is 2.00 bits per heavy atom. The summed E-state index contributed by atoms with van der Waals surface area (Å²) in [6.45, 7) is 0. The molecule has 0 amide bonds. The molecule has 0 saturated carbocycles. The van der Waals surface area contributed by atoms with Crippen LogP contribution in [0.15, 0.2) is 18.2 Å². The minimum Gasteiger partial charge on any atom is -0.748 e. The van der Waals surface area contributed by atoms with Gasteiger partial charge < -0.3 is 4.55 Å². The first-order chi connectivity index (χ1) is 5.90. The molecule has 0 N–H and O–H groups in total. The van der Waals surface area contributed by atoms with Gasteiger partial charge in [0, 0.05) is 10.6 Å². The molecule has 72 valence electrons. The summed E-state index contributed by atoms with van der Waals surface area (Å²) in [6.07, 6.45) is 0. The third-order valence-electron chi connectivity index (χ3n) is 1.38. The zero-order chi connectivity index (χ0) is 10.1. The van der Waals surface area contributed by atoms with Gasteiger partial charge in [0.25, 0.3) is 0 Å². The van der Waals surface area contributed by atoms with Crippen LogP contribution in [0.3, 0.4) is 0 Å². The quantitative estimate of drug-likeness (QED) is 0.473. The minimum atomic E-state index is -4.50. The zero-order valence-corrected chi connectivity index (χ0v) is 10.9. The van der Waals surface area contributed by atoms with Gasteiger partial charge in [-0.25, -0.2) is 12.8 Å². The first-order valence-corrected chi connectivity index (χ1v) is 5.22. The van der Waals surface area contributed by atoms with Gasteiger partial charge in [-0.2, -0.15) is 0 Å². The number of benzene rings is 1. The van der Waals surface area contributed by atoms with Crippen LogP contribution in [0.25, 0.3) is 0 Å². The molecule has 0 aliphatic rings. The molecule has 1 rings (SSSR count). The van der Waals surface area contributed by atoms with Crippen LogP contribution < -0.4 is 29.6 Å². The van der Waals surface area contributed by atoms with E-state index in [1.165, 1.54) is 12.1 Å². The van der Waals surface area contributed by atoms with E-state index >= 15 is 0 Å². The second-order valence-corrected chi connectivity index (χ2v) is 4.21. The smallest absolute Gasteiger partial charge is 0.748 e. The Balaban J connectivity index is 0.00000169. The molecule has 1 aromatic carbocycles. The molecule has 0 spiro atoms. The topological polar surface area (TPSA) is 57.2 Å². The summed E-state index contributed by atoms with van der Waals surface area (Å²) < 4.78 is 43.9. The molecule has 0 aliphatic carbocycles. The van der Waals surface area contributed by atoms with Crippen molar-refractivity contribution >= 4 is 21.7 Å². The number of hydrogen-bond acceptors (Lipinski definition) is 3. The van der Waals surface area contributed by atoms with E-state index in [4.69, 9.17) is 11.6 Å². The van der Waals surface area contributed by atoms with Crippen molar-refractivity contribution in [1.82, 2.24) is 0 Å². The second kappa shape index (κ2) is 5.44. The maximum absolute atomic E-state index is 12.9. The summed E-state index contributed by atoms with van der Waals surface area (Å²) in [5.41, 5.74) is -0.279. The second-order valence-electron chi connectivity index (χ2n) is 2.40. The van der Waals surface area contributed by atoms with Gasteiger partial charge in [0.15, 0.2) is 0 Å². The molecule has 0 unspecified atom stereocenters. The Labute approximate surface area is 108 Å². The molecule has 0 saturated heterocycles. The van der Waals surface area contributed by atoms with Crippen LogP contribution in [0.2, 0.25) is 5.02 Å². The predicted octanol–water partition coefficient (Wildman–Crippen LogP) is -1.47. The van der Waals surface area contributed by atoms with Crippen molar-refractivity contribution in [3.8, 4) is 0 Å². The zero-order valence-electron chi connectivity index (χ0n) is 7.33. The molecule has 0 heterocycles. The normalized spacial score (nSPS) is 10.8. The molecule has 3 nitrogen and oxygen atoms in total. The molecular weight excluding hydrogens is 242 g/mol. The van der Waals surface area contributed by atoms with E-state index in [-0.39, 0.29) is 40.1 Å². The first kappa shape index (κ1) is 14.3. The predicted molar refractivity (Wildman–Crippen MR) is 44.8 cm³/mol. The van der Waals surface area contributed by atoms with Crippen molar-refractivity contribution in [2.45, 2.75) is 5.75 Å². The average Bonchev–Trinajstić information content (AvgIpc) is 1.95. The van der Waals surface area contributed by atoms with Gasteiger partial charge in [0.2, 0.25) is 0 Å². The van der Waals surface area contributed by atoms with Crippen molar-refractivity contribution in [3.63, 3.8) is 0 Å². The largest absolute Gasteiger partial charge is 1.00 e.